The van der Waals surface area contributed by atoms with Crippen LogP contribution in [0.25, 0.3) is 28.3 Å². The molecule has 17 heteroatoms. The molecule has 1 saturated heterocycles. The van der Waals surface area contributed by atoms with E-state index in [1.54, 1.807) is 34.1 Å². The lowest BCUT2D eigenvalue weighted by Crippen LogP contribution is -2.46. The van der Waals surface area contributed by atoms with E-state index >= 15 is 0 Å². The van der Waals surface area contributed by atoms with Crippen molar-refractivity contribution in [2.24, 2.45) is 0 Å². The Labute approximate surface area is 489 Å². The first-order chi connectivity index (χ1) is 37.9. The van der Waals surface area contributed by atoms with Crippen LogP contribution < -0.4 is 0 Å². The lowest BCUT2D eigenvalue weighted by molar-refractivity contribution is -0.290. The van der Waals surface area contributed by atoms with Crippen LogP contribution in [0, 0.1) is 11.6 Å². The fourth-order valence-electron chi connectivity index (χ4n) is 10.9. The van der Waals surface area contributed by atoms with Gasteiger partial charge in [0.1, 0.15) is 17.2 Å². The highest BCUT2D eigenvalue weighted by molar-refractivity contribution is 6.76. The average molecular weight is 1170 g/mol. The summed E-state index contributed by atoms with van der Waals surface area (Å²) in [6.07, 6.45) is 4.02. The number of rotatable bonds is 15. The van der Waals surface area contributed by atoms with E-state index < -0.39 is 44.5 Å². The van der Waals surface area contributed by atoms with Gasteiger partial charge in [0.2, 0.25) is 0 Å². The van der Waals surface area contributed by atoms with Gasteiger partial charge in [-0.1, -0.05) is 131 Å². The summed E-state index contributed by atoms with van der Waals surface area (Å²) in [5, 5.41) is 0. The van der Waals surface area contributed by atoms with Crippen molar-refractivity contribution < 1.29 is 51.6 Å². The largest absolute Gasteiger partial charge is 0.460 e. The summed E-state index contributed by atoms with van der Waals surface area (Å²) in [6.45, 7) is 41.7. The molecule has 0 aliphatic carbocycles. The molecule has 0 spiro atoms. The van der Waals surface area contributed by atoms with Gasteiger partial charge in [0, 0.05) is 74.3 Å². The van der Waals surface area contributed by atoms with Crippen molar-refractivity contribution in [1.29, 1.82) is 0 Å². The second-order valence-corrected chi connectivity index (χ2v) is 39.4. The van der Waals surface area contributed by atoms with Crippen LogP contribution in [0.1, 0.15) is 165 Å². The Kier molecular flexibility index (Phi) is 20.5. The maximum Gasteiger partial charge on any atom is 0.410 e. The normalized spacial score (nSPS) is 18.6. The molecule has 0 N–H and O–H groups in total. The second kappa shape index (κ2) is 25.7. The Morgan fingerprint density at radius 2 is 1.10 bits per heavy atom. The van der Waals surface area contributed by atoms with Gasteiger partial charge in [0.05, 0.1) is 67.7 Å². The van der Waals surface area contributed by atoms with Gasteiger partial charge in [-0.2, -0.15) is 0 Å². The molecule has 5 heterocycles. The number of halogens is 2. The zero-order chi connectivity index (χ0) is 61.1. The number of hydrogen-bond donors (Lipinski definition) is 0. The Bertz CT molecular complexity index is 2970. The predicted octanol–water partition coefficient (Wildman–Crippen LogP) is 15.6. The van der Waals surface area contributed by atoms with Gasteiger partial charge in [0.25, 0.3) is 0 Å². The number of nitrogens with zero attached hydrogens (tertiary/aromatic N) is 4. The minimum atomic E-state index is -1.38. The third-order valence-corrected chi connectivity index (χ3v) is 18.1. The van der Waals surface area contributed by atoms with Gasteiger partial charge in [0.15, 0.2) is 12.1 Å². The van der Waals surface area contributed by atoms with E-state index in [0.29, 0.717) is 51.4 Å². The number of fused-ring (bicyclic) bond motifs is 2. The molecule has 13 nitrogen and oxygen atoms in total. The van der Waals surface area contributed by atoms with Crippen molar-refractivity contribution in [3.8, 4) is 22.3 Å². The highest BCUT2D eigenvalue weighted by Crippen LogP contribution is 2.45. The molecule has 1 fully saturated rings. The molecule has 2 aromatic heterocycles. The SMILES string of the molecule is CC(C)c1nc2c(c(-c3ccc(F)cc3)c1/C=C/[C@@H]1C[C@H](CC(=O)OC(C)(C)C)OC(C)(C)O1)CN(C(=O)OCC[Si](C)(C)C)CC2(C)C.CC(C)c1nc2c(c(-c3ccc(F)cc3)c1C=O)CN(C(=O)OCC[Si](C)(C)C)CC2(C)C. The first kappa shape index (κ1) is 65.5. The lowest BCUT2D eigenvalue weighted by atomic mass is 9.77. The molecule has 2 amide bonds. The maximum atomic E-state index is 14.3. The molecule has 82 heavy (non-hydrogen) atoms. The van der Waals surface area contributed by atoms with E-state index in [1.165, 1.54) is 24.3 Å². The summed E-state index contributed by atoms with van der Waals surface area (Å²) in [5.74, 6) is -1.80. The predicted molar refractivity (Wildman–Crippen MR) is 327 cm³/mol. The Morgan fingerprint density at radius 1 is 0.683 bits per heavy atom. The number of amides is 2. The van der Waals surface area contributed by atoms with Crippen LogP contribution in [0.2, 0.25) is 51.4 Å². The van der Waals surface area contributed by atoms with Crippen molar-refractivity contribution in [2.45, 2.75) is 214 Å². The van der Waals surface area contributed by atoms with E-state index in [-0.39, 0.29) is 54.2 Å². The number of pyridine rings is 2. The second-order valence-electron chi connectivity index (χ2n) is 28.2. The van der Waals surface area contributed by atoms with Gasteiger partial charge >= 0.3 is 18.2 Å². The van der Waals surface area contributed by atoms with E-state index in [2.05, 4.69) is 80.8 Å². The molecule has 3 aliphatic heterocycles. The standard InChI is InChI=1S/C39H57FN2O6Si.C26H35FN2O3Si/c1-25(2)34-30(18-17-28-21-29(47-39(8,9)46-28)22-32(43)48-37(3,4)5)33(26-13-15-27(40)16-14-26)31-23-42(24-38(6,7)35(31)41-34)36(44)45-19-20-49(10,11)12;1-17(2)23-21(15-30)22(18-8-10-19(27)11-9-18)20-14-29(16-26(3,4)24(20)28-23)25(31)32-12-13-33(5,6)7/h13-18,25,28-29H,19-24H2,1-12H3;8-11,15,17H,12-14,16H2,1-7H3/b18-17+;/t28-,29-;/m1./s1. The van der Waals surface area contributed by atoms with E-state index in [9.17, 15) is 28.0 Å². The topological polar surface area (TPSA) is 147 Å². The molecule has 2 atom stereocenters. The van der Waals surface area contributed by atoms with E-state index in [1.807, 2.05) is 60.6 Å². The molecule has 448 valence electrons. The van der Waals surface area contributed by atoms with Crippen molar-refractivity contribution >= 4 is 46.7 Å². The van der Waals surface area contributed by atoms with Crippen LogP contribution in [0.4, 0.5) is 18.4 Å². The molecular formula is C65H92F2N4O9Si2. The summed E-state index contributed by atoms with van der Waals surface area (Å²) >= 11 is 0. The van der Waals surface area contributed by atoms with Crippen molar-refractivity contribution in [1.82, 2.24) is 19.8 Å². The number of carbonyl (C=O) groups is 4. The molecule has 2 aromatic carbocycles. The number of esters is 1. The highest BCUT2D eigenvalue weighted by atomic mass is 28.3. The lowest BCUT2D eigenvalue weighted by Gasteiger charge is -2.41. The van der Waals surface area contributed by atoms with Crippen LogP contribution >= 0.6 is 0 Å². The molecule has 0 unspecified atom stereocenters. The monoisotopic (exact) mass is 1170 g/mol. The zero-order valence-electron chi connectivity index (χ0n) is 52.5. The van der Waals surface area contributed by atoms with Gasteiger partial charge in [-0.25, -0.2) is 18.4 Å². The van der Waals surface area contributed by atoms with Crippen molar-refractivity contribution in [2.75, 3.05) is 26.3 Å². The van der Waals surface area contributed by atoms with Crippen LogP contribution in [0.3, 0.4) is 0 Å². The molecule has 0 radical (unpaired) electrons. The molecule has 0 bridgehead atoms. The maximum absolute atomic E-state index is 14.3. The van der Waals surface area contributed by atoms with Gasteiger partial charge < -0.3 is 33.5 Å². The number of benzene rings is 2. The molecule has 0 saturated carbocycles. The van der Waals surface area contributed by atoms with Crippen molar-refractivity contribution in [3.05, 3.63) is 111 Å². The third kappa shape index (κ3) is 17.2. The summed E-state index contributed by atoms with van der Waals surface area (Å²) in [5.41, 5.74) is 8.30. The Hall–Kier alpha value is -5.63. The quantitative estimate of drug-likeness (QED) is 0.0485. The summed E-state index contributed by atoms with van der Waals surface area (Å²) in [6, 6.07) is 14.4. The smallest absolute Gasteiger partial charge is 0.410 e. The van der Waals surface area contributed by atoms with E-state index in [4.69, 9.17) is 33.7 Å². The fraction of sp³-hybridized carbons (Fsp3) is 0.569. The summed E-state index contributed by atoms with van der Waals surface area (Å²) in [4.78, 5) is 65.2. The first-order valence-corrected chi connectivity index (χ1v) is 36.5. The number of aldehydes is 1. The summed E-state index contributed by atoms with van der Waals surface area (Å²) < 4.78 is 57.4. The van der Waals surface area contributed by atoms with E-state index in [0.717, 1.165) is 80.1 Å². The van der Waals surface area contributed by atoms with Gasteiger partial charge in [-0.15, -0.1) is 0 Å². The Balaban J connectivity index is 0.000000285. The van der Waals surface area contributed by atoms with Gasteiger partial charge in [-0.05, 0) is 99.5 Å². The molecule has 7 rings (SSSR count). The number of ether oxygens (including phenoxy) is 5. The minimum absolute atomic E-state index is 0.0371. The number of aromatic nitrogens is 2. The minimum Gasteiger partial charge on any atom is -0.460 e. The van der Waals surface area contributed by atoms with Crippen molar-refractivity contribution in [3.63, 3.8) is 0 Å². The summed E-state index contributed by atoms with van der Waals surface area (Å²) in [7, 11) is -2.70. The highest BCUT2D eigenvalue weighted by Gasteiger charge is 2.42. The van der Waals surface area contributed by atoms with Crippen LogP contribution in [0.15, 0.2) is 54.6 Å². The van der Waals surface area contributed by atoms with Crippen LogP contribution in [-0.2, 0) is 52.4 Å². The van der Waals surface area contributed by atoms with Gasteiger partial charge in [-0.3, -0.25) is 19.6 Å². The molecule has 3 aliphatic rings. The molecular weight excluding hydrogens is 1070 g/mol. The zero-order valence-corrected chi connectivity index (χ0v) is 54.5. The average Bonchev–Trinajstić information content (AvgIpc) is 3.45. The number of hydrogen-bond acceptors (Lipinski definition) is 11. The van der Waals surface area contributed by atoms with Crippen LogP contribution in [0.5, 0.6) is 0 Å². The van der Waals surface area contributed by atoms with Crippen LogP contribution in [-0.4, -0.2) is 110 Å². The number of carbonyl (C=O) groups excluding carboxylic acids is 4. The first-order valence-electron chi connectivity index (χ1n) is 29.1. The molecule has 4 aromatic rings. The fourth-order valence-corrected chi connectivity index (χ4v) is 12.3. The Morgan fingerprint density at radius 3 is 1.49 bits per heavy atom. The third-order valence-electron chi connectivity index (χ3n) is 14.7.